The molecule has 8 heteroatoms. The van der Waals surface area contributed by atoms with E-state index in [1.54, 1.807) is 42.5 Å². The lowest BCUT2D eigenvalue weighted by Crippen LogP contribution is -2.54. The Morgan fingerprint density at radius 3 is 2.46 bits per heavy atom. The van der Waals surface area contributed by atoms with Crippen LogP contribution in [0.15, 0.2) is 48.0 Å². The Bertz CT molecular complexity index is 1010. The van der Waals surface area contributed by atoms with Gasteiger partial charge in [0.2, 0.25) is 0 Å². The van der Waals surface area contributed by atoms with Gasteiger partial charge in [0, 0.05) is 0 Å². The largest absolute Gasteiger partial charge is 0.298 e. The van der Waals surface area contributed by atoms with Gasteiger partial charge in [0.05, 0.1) is 27.4 Å². The topological polar surface area (TPSA) is 73.2 Å². The number of rotatable bonds is 2. The van der Waals surface area contributed by atoms with Gasteiger partial charge in [-0.05, 0) is 48.1 Å². The number of halogens is 2. The molecule has 2 aromatic rings. The van der Waals surface area contributed by atoms with Crippen molar-refractivity contribution in [3.05, 3.63) is 69.2 Å². The van der Waals surface area contributed by atoms with Crippen molar-refractivity contribution >= 4 is 64.1 Å². The van der Waals surface area contributed by atoms with Crippen LogP contribution >= 0.6 is 35.4 Å². The molecule has 0 atom stereocenters. The molecule has 2 amide bonds. The van der Waals surface area contributed by atoms with E-state index in [1.807, 2.05) is 6.07 Å². The predicted octanol–water partition coefficient (Wildman–Crippen LogP) is 3.70. The number of anilines is 1. The van der Waals surface area contributed by atoms with Gasteiger partial charge in [0.15, 0.2) is 5.11 Å². The second-order valence-electron chi connectivity index (χ2n) is 5.26. The van der Waals surface area contributed by atoms with E-state index in [0.29, 0.717) is 11.1 Å². The molecule has 1 aliphatic rings. The van der Waals surface area contributed by atoms with Crippen LogP contribution in [-0.4, -0.2) is 16.9 Å². The lowest BCUT2D eigenvalue weighted by molar-refractivity contribution is -0.122. The minimum absolute atomic E-state index is 0.0823. The molecule has 0 bridgehead atoms. The first-order valence-corrected chi connectivity index (χ1v) is 8.44. The minimum atomic E-state index is -0.618. The van der Waals surface area contributed by atoms with Gasteiger partial charge in [0.1, 0.15) is 5.57 Å². The van der Waals surface area contributed by atoms with Crippen LogP contribution in [0.2, 0.25) is 10.0 Å². The van der Waals surface area contributed by atoms with Crippen LogP contribution in [0.5, 0.6) is 0 Å². The van der Waals surface area contributed by atoms with E-state index >= 15 is 0 Å². The molecule has 0 spiro atoms. The summed E-state index contributed by atoms with van der Waals surface area (Å²) in [7, 11) is 0. The molecule has 1 heterocycles. The van der Waals surface area contributed by atoms with E-state index in [0.717, 1.165) is 4.90 Å². The summed E-state index contributed by atoms with van der Waals surface area (Å²) >= 11 is 17.3. The molecule has 3 rings (SSSR count). The summed E-state index contributed by atoms with van der Waals surface area (Å²) in [5.74, 6) is -1.23. The maximum Gasteiger partial charge on any atom is 0.270 e. The molecule has 0 radical (unpaired) electrons. The van der Waals surface area contributed by atoms with E-state index in [1.165, 1.54) is 6.08 Å². The van der Waals surface area contributed by atoms with Crippen molar-refractivity contribution in [2.24, 2.45) is 0 Å². The van der Waals surface area contributed by atoms with Crippen molar-refractivity contribution in [3.63, 3.8) is 0 Å². The summed E-state index contributed by atoms with van der Waals surface area (Å²) in [6.45, 7) is 0. The molecular weight excluding hydrogens is 393 g/mol. The summed E-state index contributed by atoms with van der Waals surface area (Å²) in [4.78, 5) is 26.3. The normalized spacial score (nSPS) is 15.8. The Kier molecular flexibility index (Phi) is 5.05. The summed E-state index contributed by atoms with van der Waals surface area (Å²) in [5.41, 5.74) is 1.23. The Hall–Kier alpha value is -2.72. The van der Waals surface area contributed by atoms with Crippen molar-refractivity contribution in [2.45, 2.75) is 0 Å². The van der Waals surface area contributed by atoms with Crippen LogP contribution in [0.1, 0.15) is 11.1 Å². The fraction of sp³-hybridized carbons (Fsp3) is 0. The Morgan fingerprint density at radius 1 is 1.12 bits per heavy atom. The number of benzene rings is 2. The number of hydrogen-bond acceptors (Lipinski definition) is 4. The summed E-state index contributed by atoms with van der Waals surface area (Å²) in [6.07, 6.45) is 1.42. The Labute approximate surface area is 164 Å². The first-order chi connectivity index (χ1) is 12.4. The number of amides is 2. The number of nitrogens with zero attached hydrogens (tertiary/aromatic N) is 2. The maximum atomic E-state index is 12.9. The van der Waals surface area contributed by atoms with Gasteiger partial charge in [-0.3, -0.25) is 19.8 Å². The Balaban J connectivity index is 2.04. The molecule has 0 saturated carbocycles. The van der Waals surface area contributed by atoms with Gasteiger partial charge in [0.25, 0.3) is 11.8 Å². The summed E-state index contributed by atoms with van der Waals surface area (Å²) in [6, 6.07) is 13.2. The first-order valence-electron chi connectivity index (χ1n) is 7.28. The zero-order valence-corrected chi connectivity index (χ0v) is 15.3. The van der Waals surface area contributed by atoms with Crippen LogP contribution < -0.4 is 10.2 Å². The number of carbonyl (C=O) groups excluding carboxylic acids is 2. The lowest BCUT2D eigenvalue weighted by atomic mass is 10.1. The highest BCUT2D eigenvalue weighted by atomic mass is 35.5. The van der Waals surface area contributed by atoms with Gasteiger partial charge in [-0.25, -0.2) is 0 Å². The average Bonchev–Trinajstić information content (AvgIpc) is 2.62. The number of carbonyl (C=O) groups is 2. The van der Waals surface area contributed by atoms with Gasteiger partial charge in [-0.1, -0.05) is 41.4 Å². The first kappa shape index (κ1) is 18.1. The average molecular weight is 402 g/mol. The molecule has 0 aliphatic carbocycles. The fourth-order valence-electron chi connectivity index (χ4n) is 2.36. The molecule has 1 N–H and O–H groups in total. The number of nitriles is 1. The predicted molar refractivity (Wildman–Crippen MR) is 104 cm³/mol. The highest BCUT2D eigenvalue weighted by Crippen LogP contribution is 2.34. The molecule has 5 nitrogen and oxygen atoms in total. The number of nitrogens with one attached hydrogen (secondary N) is 1. The third kappa shape index (κ3) is 3.33. The quantitative estimate of drug-likeness (QED) is 0.472. The Morgan fingerprint density at radius 2 is 1.81 bits per heavy atom. The summed E-state index contributed by atoms with van der Waals surface area (Å²) < 4.78 is 0. The highest BCUT2D eigenvalue weighted by molar-refractivity contribution is 7.80. The number of thiocarbonyl (C=S) groups is 1. The number of hydrogen-bond donors (Lipinski definition) is 1. The van der Waals surface area contributed by atoms with Crippen molar-refractivity contribution in [1.29, 1.82) is 5.26 Å². The molecule has 1 aliphatic heterocycles. The lowest BCUT2D eigenvalue weighted by Gasteiger charge is -2.29. The van der Waals surface area contributed by atoms with Crippen LogP contribution in [0.3, 0.4) is 0 Å². The zero-order chi connectivity index (χ0) is 18.8. The second kappa shape index (κ2) is 7.26. The van der Waals surface area contributed by atoms with Crippen LogP contribution in [-0.2, 0) is 9.59 Å². The monoisotopic (exact) mass is 401 g/mol. The SMILES string of the molecule is N#Cc1ccc(/C=C2\C(=O)NC(=S)N(c3cccc(Cl)c3Cl)C2=O)cc1. The molecule has 1 saturated heterocycles. The standard InChI is InChI=1S/C18H9Cl2N3O2S/c19-13-2-1-3-14(15(13)20)23-17(25)12(16(24)22-18(23)26)8-10-4-6-11(9-21)7-5-10/h1-8H,(H,22,24,26)/b12-8+. The van der Waals surface area contributed by atoms with Crippen molar-refractivity contribution in [1.82, 2.24) is 5.32 Å². The molecule has 1 fully saturated rings. The minimum Gasteiger partial charge on any atom is -0.298 e. The van der Waals surface area contributed by atoms with Gasteiger partial charge in [-0.2, -0.15) is 5.26 Å². The van der Waals surface area contributed by atoms with Crippen molar-refractivity contribution in [2.75, 3.05) is 4.90 Å². The van der Waals surface area contributed by atoms with Crippen molar-refractivity contribution < 1.29 is 9.59 Å². The fourth-order valence-corrected chi connectivity index (χ4v) is 3.02. The highest BCUT2D eigenvalue weighted by Gasteiger charge is 2.35. The zero-order valence-electron chi connectivity index (χ0n) is 13.0. The van der Waals surface area contributed by atoms with Gasteiger partial charge < -0.3 is 0 Å². The molecule has 0 aromatic heterocycles. The van der Waals surface area contributed by atoms with E-state index < -0.39 is 11.8 Å². The van der Waals surface area contributed by atoms with E-state index in [4.69, 9.17) is 40.7 Å². The van der Waals surface area contributed by atoms with Crippen molar-refractivity contribution in [3.8, 4) is 6.07 Å². The van der Waals surface area contributed by atoms with Gasteiger partial charge in [-0.15, -0.1) is 0 Å². The molecular formula is C18H9Cl2N3O2S. The third-order valence-corrected chi connectivity index (χ3v) is 4.72. The summed E-state index contributed by atoms with van der Waals surface area (Å²) in [5, 5.41) is 11.6. The maximum absolute atomic E-state index is 12.9. The van der Waals surface area contributed by atoms with Gasteiger partial charge >= 0.3 is 0 Å². The smallest absolute Gasteiger partial charge is 0.270 e. The van der Waals surface area contributed by atoms with E-state index in [-0.39, 0.29) is 26.4 Å². The second-order valence-corrected chi connectivity index (χ2v) is 6.44. The van der Waals surface area contributed by atoms with E-state index in [2.05, 4.69) is 5.32 Å². The van der Waals surface area contributed by atoms with Crippen LogP contribution in [0.25, 0.3) is 6.08 Å². The van der Waals surface area contributed by atoms with Crippen LogP contribution in [0.4, 0.5) is 5.69 Å². The van der Waals surface area contributed by atoms with Crippen LogP contribution in [0, 0.1) is 11.3 Å². The molecule has 26 heavy (non-hydrogen) atoms. The molecule has 2 aromatic carbocycles. The molecule has 0 unspecified atom stereocenters. The third-order valence-electron chi connectivity index (χ3n) is 3.62. The molecule has 128 valence electrons. The van der Waals surface area contributed by atoms with E-state index in [9.17, 15) is 9.59 Å².